The van der Waals surface area contributed by atoms with Crippen LogP contribution in [0.4, 0.5) is 5.69 Å². The first-order valence-electron chi connectivity index (χ1n) is 12.0. The Balaban J connectivity index is 1.50. The van der Waals surface area contributed by atoms with E-state index in [-0.39, 0.29) is 5.91 Å². The van der Waals surface area contributed by atoms with Gasteiger partial charge in [-0.2, -0.15) is 0 Å². The zero-order chi connectivity index (χ0) is 24.8. The first kappa shape index (κ1) is 24.4. The number of likely N-dealkylation sites (N-methyl/N-ethyl adjacent to an activating group) is 1. The predicted molar refractivity (Wildman–Crippen MR) is 138 cm³/mol. The molecular formula is C29H31N3O3. The quantitative estimate of drug-likeness (QED) is 0.524. The molecule has 0 saturated carbocycles. The number of amides is 2. The van der Waals surface area contributed by atoms with E-state index in [1.165, 1.54) is 10.5 Å². The van der Waals surface area contributed by atoms with Gasteiger partial charge in [0.05, 0.1) is 23.4 Å². The van der Waals surface area contributed by atoms with Crippen LogP contribution in [-0.2, 0) is 16.0 Å². The lowest BCUT2D eigenvalue weighted by molar-refractivity contribution is -0.132. The van der Waals surface area contributed by atoms with E-state index < -0.39 is 24.1 Å². The van der Waals surface area contributed by atoms with Gasteiger partial charge in [-0.15, -0.1) is 0 Å². The second kappa shape index (κ2) is 11.1. The van der Waals surface area contributed by atoms with Gasteiger partial charge >= 0.3 is 0 Å². The summed E-state index contributed by atoms with van der Waals surface area (Å²) in [6, 6.07) is 27.3. The van der Waals surface area contributed by atoms with Crippen molar-refractivity contribution in [2.75, 3.05) is 11.9 Å². The highest BCUT2D eigenvalue weighted by Gasteiger charge is 2.33. The molecule has 1 aliphatic rings. The highest BCUT2D eigenvalue weighted by atomic mass is 16.3. The van der Waals surface area contributed by atoms with Gasteiger partial charge in [0.1, 0.15) is 0 Å². The van der Waals surface area contributed by atoms with Crippen molar-refractivity contribution in [2.45, 2.75) is 38.5 Å². The molecule has 35 heavy (non-hydrogen) atoms. The molecule has 3 aromatic carbocycles. The Kier molecular flexibility index (Phi) is 7.73. The van der Waals surface area contributed by atoms with Crippen LogP contribution in [0.15, 0.2) is 89.9 Å². The first-order valence-corrected chi connectivity index (χ1v) is 12.0. The van der Waals surface area contributed by atoms with Crippen molar-refractivity contribution >= 4 is 23.2 Å². The molecular weight excluding hydrogens is 438 g/mol. The Morgan fingerprint density at radius 3 is 2.34 bits per heavy atom. The van der Waals surface area contributed by atoms with Crippen LogP contribution < -0.4 is 10.2 Å². The SMILES string of the molecule is C[C@@H](C(=O)NC1N=C(c2ccccc2)c2ccccc2N(C)C1=O)[C@@H](O)CCCc1ccccc1. The molecule has 0 fully saturated rings. The Morgan fingerprint density at radius 2 is 1.63 bits per heavy atom. The molecule has 0 saturated heterocycles. The average molecular weight is 470 g/mol. The average Bonchev–Trinajstić information content (AvgIpc) is 3.00. The van der Waals surface area contributed by atoms with Crippen LogP contribution in [0.5, 0.6) is 0 Å². The lowest BCUT2D eigenvalue weighted by atomic mass is 9.97. The highest BCUT2D eigenvalue weighted by molar-refractivity contribution is 6.20. The molecule has 0 radical (unpaired) electrons. The summed E-state index contributed by atoms with van der Waals surface area (Å²) < 4.78 is 0. The number of carbonyl (C=O) groups excluding carboxylic acids is 2. The smallest absolute Gasteiger partial charge is 0.272 e. The van der Waals surface area contributed by atoms with Crippen molar-refractivity contribution in [2.24, 2.45) is 10.9 Å². The molecule has 3 atom stereocenters. The molecule has 0 aliphatic carbocycles. The van der Waals surface area contributed by atoms with Crippen molar-refractivity contribution in [1.82, 2.24) is 5.32 Å². The van der Waals surface area contributed by atoms with Gasteiger partial charge in [-0.25, -0.2) is 4.99 Å². The van der Waals surface area contributed by atoms with Crippen molar-refractivity contribution in [3.05, 3.63) is 102 Å². The predicted octanol–water partition coefficient (Wildman–Crippen LogP) is 3.96. The van der Waals surface area contributed by atoms with Crippen LogP contribution >= 0.6 is 0 Å². The van der Waals surface area contributed by atoms with Crippen molar-refractivity contribution in [3.63, 3.8) is 0 Å². The number of aliphatic hydroxyl groups excluding tert-OH is 1. The van der Waals surface area contributed by atoms with Gasteiger partial charge < -0.3 is 15.3 Å². The van der Waals surface area contributed by atoms with E-state index in [0.717, 1.165) is 29.7 Å². The fraction of sp³-hybridized carbons (Fsp3) is 0.276. The number of nitrogens with one attached hydrogen (secondary N) is 1. The maximum Gasteiger partial charge on any atom is 0.272 e. The van der Waals surface area contributed by atoms with E-state index >= 15 is 0 Å². The summed E-state index contributed by atoms with van der Waals surface area (Å²) in [4.78, 5) is 32.6. The van der Waals surface area contributed by atoms with E-state index in [2.05, 4.69) is 17.4 Å². The lowest BCUT2D eigenvalue weighted by Gasteiger charge is -2.23. The van der Waals surface area contributed by atoms with Crippen LogP contribution in [0.2, 0.25) is 0 Å². The molecule has 6 nitrogen and oxygen atoms in total. The largest absolute Gasteiger partial charge is 0.392 e. The minimum absolute atomic E-state index is 0.331. The van der Waals surface area contributed by atoms with Crippen LogP contribution in [0.3, 0.4) is 0 Å². The molecule has 180 valence electrons. The van der Waals surface area contributed by atoms with Crippen molar-refractivity contribution in [3.8, 4) is 0 Å². The van der Waals surface area contributed by atoms with Crippen LogP contribution in [-0.4, -0.2) is 41.9 Å². The Labute approximate surface area is 206 Å². The summed E-state index contributed by atoms with van der Waals surface area (Å²) in [5, 5.41) is 13.4. The van der Waals surface area contributed by atoms with Crippen LogP contribution in [0.25, 0.3) is 0 Å². The van der Waals surface area contributed by atoms with E-state index in [1.807, 2.05) is 72.8 Å². The Morgan fingerprint density at radius 1 is 1.00 bits per heavy atom. The first-order chi connectivity index (χ1) is 17.0. The van der Waals surface area contributed by atoms with Gasteiger partial charge in [0.15, 0.2) is 0 Å². The third-order valence-corrected chi connectivity index (χ3v) is 6.47. The molecule has 1 heterocycles. The molecule has 1 aliphatic heterocycles. The summed E-state index contributed by atoms with van der Waals surface area (Å²) in [6.45, 7) is 1.68. The van der Waals surface area contributed by atoms with Gasteiger partial charge in [0, 0.05) is 18.2 Å². The van der Waals surface area contributed by atoms with Gasteiger partial charge in [-0.1, -0.05) is 85.8 Å². The van der Waals surface area contributed by atoms with Crippen molar-refractivity contribution < 1.29 is 14.7 Å². The number of fused-ring (bicyclic) bond motifs is 1. The zero-order valence-electron chi connectivity index (χ0n) is 20.1. The second-order valence-corrected chi connectivity index (χ2v) is 8.90. The summed E-state index contributed by atoms with van der Waals surface area (Å²) in [6.07, 6.45) is 0.188. The number of aliphatic hydroxyl groups is 1. The van der Waals surface area contributed by atoms with Gasteiger partial charge in [0.2, 0.25) is 12.1 Å². The summed E-state index contributed by atoms with van der Waals surface area (Å²) >= 11 is 0. The number of rotatable bonds is 8. The minimum atomic E-state index is -1.09. The third-order valence-electron chi connectivity index (χ3n) is 6.47. The van der Waals surface area contributed by atoms with Crippen molar-refractivity contribution in [1.29, 1.82) is 0 Å². The number of benzene rings is 3. The van der Waals surface area contributed by atoms with Gasteiger partial charge in [-0.05, 0) is 30.9 Å². The summed E-state index contributed by atoms with van der Waals surface area (Å²) in [5.74, 6) is -1.40. The highest BCUT2D eigenvalue weighted by Crippen LogP contribution is 2.27. The molecule has 0 bridgehead atoms. The second-order valence-electron chi connectivity index (χ2n) is 8.90. The number of hydrogen-bond donors (Lipinski definition) is 2. The minimum Gasteiger partial charge on any atom is -0.392 e. The van der Waals surface area contributed by atoms with Gasteiger partial charge in [-0.3, -0.25) is 9.59 Å². The van der Waals surface area contributed by atoms with Gasteiger partial charge in [0.25, 0.3) is 5.91 Å². The number of carbonyl (C=O) groups is 2. The molecule has 6 heteroatoms. The molecule has 2 N–H and O–H groups in total. The fourth-order valence-corrected chi connectivity index (χ4v) is 4.29. The topological polar surface area (TPSA) is 82.0 Å². The molecule has 0 aromatic heterocycles. The maximum atomic E-state index is 13.3. The number of aryl methyl sites for hydroxylation is 1. The number of hydrogen-bond acceptors (Lipinski definition) is 4. The lowest BCUT2D eigenvalue weighted by Crippen LogP contribution is -2.49. The molecule has 3 aromatic rings. The van der Waals surface area contributed by atoms with Crippen LogP contribution in [0, 0.1) is 5.92 Å². The van der Waals surface area contributed by atoms with Crippen LogP contribution in [0.1, 0.15) is 36.5 Å². The zero-order valence-corrected chi connectivity index (χ0v) is 20.1. The van der Waals surface area contributed by atoms with E-state index in [1.54, 1.807) is 14.0 Å². The standard InChI is InChI=1S/C29H31N3O3/c1-20(25(33)19-11-14-21-12-5-3-6-13-21)28(34)31-27-29(35)32(2)24-18-10-9-17-23(24)26(30-27)22-15-7-4-8-16-22/h3-10,12-13,15-18,20,25,27,33H,11,14,19H2,1-2H3,(H,31,34)/t20-,25+,27?/m1/s1. The summed E-state index contributed by atoms with van der Waals surface area (Å²) in [7, 11) is 1.69. The Bertz CT molecular complexity index is 1190. The van der Waals surface area contributed by atoms with E-state index in [0.29, 0.717) is 12.1 Å². The summed E-state index contributed by atoms with van der Waals surface area (Å²) in [5.41, 5.74) is 4.24. The molecule has 1 unspecified atom stereocenters. The number of aliphatic imine (C=N–C) groups is 1. The third kappa shape index (κ3) is 5.66. The number of benzodiazepines with no additional fused rings is 1. The van der Waals surface area contributed by atoms with E-state index in [9.17, 15) is 14.7 Å². The fourth-order valence-electron chi connectivity index (χ4n) is 4.29. The number of nitrogens with zero attached hydrogens (tertiary/aromatic N) is 2. The Hall–Kier alpha value is -3.77. The van der Waals surface area contributed by atoms with E-state index in [4.69, 9.17) is 4.99 Å². The normalized spacial score (nSPS) is 17.1. The number of anilines is 1. The number of para-hydroxylation sites is 1. The molecule has 0 spiro atoms. The molecule has 2 amide bonds. The molecule has 4 rings (SSSR count). The monoisotopic (exact) mass is 469 g/mol. The maximum absolute atomic E-state index is 13.3.